The lowest BCUT2D eigenvalue weighted by Crippen LogP contribution is -1.92. The Hall–Kier alpha value is -0.510. The van der Waals surface area contributed by atoms with Gasteiger partial charge in [0.15, 0.2) is 0 Å². The van der Waals surface area contributed by atoms with E-state index >= 15 is 0 Å². The second kappa shape index (κ2) is 3.47. The molecule has 0 atom stereocenters. The number of halogens is 4. The van der Waals surface area contributed by atoms with Gasteiger partial charge in [0.25, 0.3) is 6.43 Å². The number of hydrogen-bond acceptors (Lipinski definition) is 0. The first-order valence-corrected chi connectivity index (χ1v) is 4.06. The highest BCUT2D eigenvalue weighted by Crippen LogP contribution is 2.30. The van der Waals surface area contributed by atoms with Crippen LogP contribution in [0.5, 0.6) is 0 Å². The van der Waals surface area contributed by atoms with Crippen LogP contribution in [0.4, 0.5) is 13.2 Å². The fourth-order valence-corrected chi connectivity index (χ4v) is 1.45. The largest absolute Gasteiger partial charge is 0.265 e. The van der Waals surface area contributed by atoms with E-state index in [2.05, 4.69) is 15.9 Å². The van der Waals surface area contributed by atoms with E-state index in [1.54, 1.807) is 0 Å². The highest BCUT2D eigenvalue weighted by Gasteiger charge is 2.15. The quantitative estimate of drug-likeness (QED) is 0.698. The van der Waals surface area contributed by atoms with Gasteiger partial charge < -0.3 is 0 Å². The molecule has 0 fully saturated rings. The summed E-state index contributed by atoms with van der Waals surface area (Å²) in [5.74, 6) is -0.618. The van der Waals surface area contributed by atoms with Gasteiger partial charge in [0.1, 0.15) is 5.82 Å². The molecule has 0 radical (unpaired) electrons. The predicted molar refractivity (Wildman–Crippen MR) is 43.8 cm³/mol. The van der Waals surface area contributed by atoms with Gasteiger partial charge in [-0.15, -0.1) is 0 Å². The average molecular weight is 239 g/mol. The van der Waals surface area contributed by atoms with Crippen LogP contribution in [0, 0.1) is 12.7 Å². The smallest absolute Gasteiger partial charge is 0.205 e. The van der Waals surface area contributed by atoms with Crippen LogP contribution in [0.3, 0.4) is 0 Å². The van der Waals surface area contributed by atoms with Crippen LogP contribution >= 0.6 is 15.9 Å². The Morgan fingerprint density at radius 1 is 1.33 bits per heavy atom. The molecule has 0 aliphatic rings. The molecule has 0 heterocycles. The zero-order valence-corrected chi connectivity index (χ0v) is 7.83. The third kappa shape index (κ3) is 1.63. The Kier molecular flexibility index (Phi) is 2.77. The van der Waals surface area contributed by atoms with Crippen molar-refractivity contribution < 1.29 is 13.2 Å². The van der Waals surface area contributed by atoms with E-state index in [0.29, 0.717) is 5.56 Å². The predicted octanol–water partition coefficient (Wildman–Crippen LogP) is 3.83. The van der Waals surface area contributed by atoms with Gasteiger partial charge in [0.05, 0.1) is 4.47 Å². The van der Waals surface area contributed by atoms with E-state index in [9.17, 15) is 13.2 Å². The maximum Gasteiger partial charge on any atom is 0.265 e. The Balaban J connectivity index is 3.27. The molecule has 0 bridgehead atoms. The van der Waals surface area contributed by atoms with Crippen molar-refractivity contribution in [2.75, 3.05) is 0 Å². The minimum Gasteiger partial charge on any atom is -0.205 e. The minimum absolute atomic E-state index is 0.141. The first-order chi connectivity index (χ1) is 5.54. The molecule has 0 saturated carbocycles. The Bertz CT molecular complexity index is 297. The number of benzene rings is 1. The van der Waals surface area contributed by atoms with E-state index in [1.165, 1.54) is 19.1 Å². The van der Waals surface area contributed by atoms with Crippen LogP contribution in [0.1, 0.15) is 17.6 Å². The molecule has 1 aromatic rings. The lowest BCUT2D eigenvalue weighted by molar-refractivity contribution is 0.150. The summed E-state index contributed by atoms with van der Waals surface area (Å²) >= 11 is 2.78. The minimum atomic E-state index is -2.64. The topological polar surface area (TPSA) is 0 Å². The molecule has 4 heteroatoms. The second-order valence-corrected chi connectivity index (χ2v) is 3.19. The Morgan fingerprint density at radius 3 is 2.42 bits per heavy atom. The van der Waals surface area contributed by atoms with Crippen molar-refractivity contribution in [3.63, 3.8) is 0 Å². The van der Waals surface area contributed by atoms with Crippen molar-refractivity contribution in [2.24, 2.45) is 0 Å². The standard InChI is InChI=1S/C8H6BrF3/c1-4-2-3-5(8(11)12)6(9)7(4)10/h2-3,8H,1H3. The van der Waals surface area contributed by atoms with Crippen LogP contribution in [0.2, 0.25) is 0 Å². The van der Waals surface area contributed by atoms with E-state index in [4.69, 9.17) is 0 Å². The summed E-state index contributed by atoms with van der Waals surface area (Å²) in [5.41, 5.74) is 0.0457. The molecule has 0 aromatic heterocycles. The first-order valence-electron chi connectivity index (χ1n) is 3.26. The molecule has 0 saturated heterocycles. The summed E-state index contributed by atoms with van der Waals surface area (Å²) in [6, 6.07) is 2.55. The van der Waals surface area contributed by atoms with Crippen molar-refractivity contribution in [2.45, 2.75) is 13.3 Å². The molecule has 66 valence electrons. The van der Waals surface area contributed by atoms with Crippen LogP contribution in [-0.4, -0.2) is 0 Å². The molecule has 0 unspecified atom stereocenters. The number of aryl methyl sites for hydroxylation is 1. The summed E-state index contributed by atoms with van der Waals surface area (Å²) in [4.78, 5) is 0. The van der Waals surface area contributed by atoms with Gasteiger partial charge in [0.2, 0.25) is 0 Å². The molecule has 0 aliphatic carbocycles. The van der Waals surface area contributed by atoms with Gasteiger partial charge >= 0.3 is 0 Å². The van der Waals surface area contributed by atoms with E-state index in [-0.39, 0.29) is 10.0 Å². The monoisotopic (exact) mass is 238 g/mol. The third-order valence-electron chi connectivity index (χ3n) is 1.54. The van der Waals surface area contributed by atoms with Crippen molar-refractivity contribution in [3.8, 4) is 0 Å². The van der Waals surface area contributed by atoms with E-state index in [1.807, 2.05) is 0 Å². The van der Waals surface area contributed by atoms with E-state index < -0.39 is 12.2 Å². The van der Waals surface area contributed by atoms with Crippen molar-refractivity contribution in [1.82, 2.24) is 0 Å². The molecule has 1 aromatic carbocycles. The lowest BCUT2D eigenvalue weighted by Gasteiger charge is -2.05. The van der Waals surface area contributed by atoms with Crippen LogP contribution in [0.15, 0.2) is 16.6 Å². The molecule has 1 rings (SSSR count). The Morgan fingerprint density at radius 2 is 1.92 bits per heavy atom. The molecule has 0 amide bonds. The molecule has 12 heavy (non-hydrogen) atoms. The Labute approximate surface area is 76.5 Å². The van der Waals surface area contributed by atoms with Gasteiger partial charge in [-0.05, 0) is 28.4 Å². The molecule has 0 nitrogen and oxygen atoms in total. The van der Waals surface area contributed by atoms with E-state index in [0.717, 1.165) is 0 Å². The number of rotatable bonds is 1. The lowest BCUT2D eigenvalue weighted by atomic mass is 10.1. The highest BCUT2D eigenvalue weighted by atomic mass is 79.9. The summed E-state index contributed by atoms with van der Waals surface area (Å²) < 4.78 is 37.1. The molecule has 0 N–H and O–H groups in total. The number of hydrogen-bond donors (Lipinski definition) is 0. The summed E-state index contributed by atoms with van der Waals surface area (Å²) in [5, 5.41) is 0. The van der Waals surface area contributed by atoms with Crippen molar-refractivity contribution in [3.05, 3.63) is 33.5 Å². The maximum absolute atomic E-state index is 13.0. The summed E-state index contributed by atoms with van der Waals surface area (Å²) in [6.45, 7) is 1.52. The van der Waals surface area contributed by atoms with Crippen molar-refractivity contribution in [1.29, 1.82) is 0 Å². The van der Waals surface area contributed by atoms with Gasteiger partial charge in [-0.3, -0.25) is 0 Å². The van der Waals surface area contributed by atoms with Gasteiger partial charge in [-0.25, -0.2) is 13.2 Å². The molecular formula is C8H6BrF3. The normalized spacial score (nSPS) is 10.8. The van der Waals surface area contributed by atoms with Crippen LogP contribution < -0.4 is 0 Å². The fourth-order valence-electron chi connectivity index (χ4n) is 0.829. The van der Waals surface area contributed by atoms with Gasteiger partial charge in [-0.2, -0.15) is 0 Å². The zero-order valence-electron chi connectivity index (χ0n) is 6.24. The SMILES string of the molecule is Cc1ccc(C(F)F)c(Br)c1F. The highest BCUT2D eigenvalue weighted by molar-refractivity contribution is 9.10. The fraction of sp³-hybridized carbons (Fsp3) is 0.250. The summed E-state index contributed by atoms with van der Waals surface area (Å²) in [7, 11) is 0. The van der Waals surface area contributed by atoms with Crippen LogP contribution in [-0.2, 0) is 0 Å². The average Bonchev–Trinajstić information content (AvgIpc) is 2.00. The second-order valence-electron chi connectivity index (χ2n) is 2.40. The first kappa shape index (κ1) is 9.58. The number of alkyl halides is 2. The maximum atomic E-state index is 13.0. The molecular weight excluding hydrogens is 233 g/mol. The molecule has 0 spiro atoms. The van der Waals surface area contributed by atoms with Gasteiger partial charge in [0, 0.05) is 5.56 Å². The van der Waals surface area contributed by atoms with Crippen LogP contribution in [0.25, 0.3) is 0 Å². The van der Waals surface area contributed by atoms with Crippen molar-refractivity contribution >= 4 is 15.9 Å². The zero-order chi connectivity index (χ0) is 9.30. The summed E-state index contributed by atoms with van der Waals surface area (Å²) in [6.07, 6.45) is -2.64. The molecule has 0 aliphatic heterocycles. The third-order valence-corrected chi connectivity index (χ3v) is 2.35. The van der Waals surface area contributed by atoms with Gasteiger partial charge in [-0.1, -0.05) is 12.1 Å².